The number of guanidine groups is 1. The summed E-state index contributed by atoms with van der Waals surface area (Å²) in [6.07, 6.45) is 2.80. The van der Waals surface area contributed by atoms with Gasteiger partial charge in [-0.25, -0.2) is 9.69 Å². The number of para-hydroxylation sites is 1. The Morgan fingerprint density at radius 2 is 2.21 bits per heavy atom. The van der Waals surface area contributed by atoms with Gasteiger partial charge in [0.25, 0.3) is 0 Å². The largest absolute Gasteiger partial charge is 0.369 e. The number of carbonyl (C=O) groups excluding carboxylic acids is 1. The van der Waals surface area contributed by atoms with E-state index in [0.717, 1.165) is 36.1 Å². The van der Waals surface area contributed by atoms with E-state index < -0.39 is 0 Å². The first-order chi connectivity index (χ1) is 9.04. The lowest BCUT2D eigenvalue weighted by molar-refractivity contribution is 0.248. The number of urea groups is 1. The molecule has 4 N–H and O–H groups in total. The van der Waals surface area contributed by atoms with Crippen LogP contribution in [0.1, 0.15) is 30.9 Å². The number of amides is 2. The van der Waals surface area contributed by atoms with Crippen LogP contribution in [0.25, 0.3) is 0 Å². The molecule has 0 spiro atoms. The molecule has 0 unspecified atom stereocenters. The number of carbonyl (C=O) groups is 1. The summed E-state index contributed by atoms with van der Waals surface area (Å²) in [7, 11) is 0. The van der Waals surface area contributed by atoms with E-state index in [9.17, 15) is 4.79 Å². The number of nitrogens with zero attached hydrogens (tertiary/aromatic N) is 1. The number of benzene rings is 1. The topological polar surface area (TPSA) is 82.2 Å². The maximum Gasteiger partial charge on any atom is 0.329 e. The third-order valence-corrected chi connectivity index (χ3v) is 3.27. The fourth-order valence-corrected chi connectivity index (χ4v) is 2.12. The molecule has 5 heteroatoms. The van der Waals surface area contributed by atoms with Gasteiger partial charge >= 0.3 is 6.03 Å². The Hall–Kier alpha value is -2.04. The molecule has 0 atom stereocenters. The van der Waals surface area contributed by atoms with Crippen molar-refractivity contribution in [1.82, 2.24) is 5.32 Å². The van der Waals surface area contributed by atoms with E-state index in [4.69, 9.17) is 11.1 Å². The molecule has 1 aromatic carbocycles. The predicted octanol–water partition coefficient (Wildman–Crippen LogP) is 2.13. The van der Waals surface area contributed by atoms with Crippen LogP contribution in [-0.2, 0) is 6.42 Å². The zero-order valence-corrected chi connectivity index (χ0v) is 11.4. The van der Waals surface area contributed by atoms with E-state index in [1.807, 2.05) is 32.0 Å². The van der Waals surface area contributed by atoms with Crippen LogP contribution in [0.15, 0.2) is 18.2 Å². The lowest BCUT2D eigenvalue weighted by Crippen LogP contribution is -2.48. The van der Waals surface area contributed by atoms with Gasteiger partial charge < -0.3 is 11.1 Å². The highest BCUT2D eigenvalue weighted by molar-refractivity contribution is 6.14. The van der Waals surface area contributed by atoms with Crippen molar-refractivity contribution in [2.45, 2.75) is 39.2 Å². The first-order valence-corrected chi connectivity index (χ1v) is 6.57. The number of hydrogen-bond donors (Lipinski definition) is 3. The molecular weight excluding hydrogens is 240 g/mol. The van der Waals surface area contributed by atoms with Gasteiger partial charge in [-0.3, -0.25) is 5.41 Å². The van der Waals surface area contributed by atoms with Gasteiger partial charge in [-0.1, -0.05) is 25.1 Å². The van der Waals surface area contributed by atoms with Crippen LogP contribution in [0.5, 0.6) is 0 Å². The smallest absolute Gasteiger partial charge is 0.329 e. The van der Waals surface area contributed by atoms with Crippen molar-refractivity contribution < 1.29 is 4.79 Å². The van der Waals surface area contributed by atoms with Crippen molar-refractivity contribution in [2.24, 2.45) is 5.73 Å². The second-order valence-electron chi connectivity index (χ2n) is 4.88. The van der Waals surface area contributed by atoms with Crippen molar-refractivity contribution in [1.29, 1.82) is 5.41 Å². The van der Waals surface area contributed by atoms with Gasteiger partial charge in [0.05, 0.1) is 5.69 Å². The van der Waals surface area contributed by atoms with Crippen molar-refractivity contribution in [3.8, 4) is 0 Å². The first kappa shape index (κ1) is 13.4. The maximum atomic E-state index is 12.2. The Labute approximate surface area is 113 Å². The second kappa shape index (κ2) is 5.30. The minimum Gasteiger partial charge on any atom is -0.369 e. The molecule has 1 saturated carbocycles. The summed E-state index contributed by atoms with van der Waals surface area (Å²) >= 11 is 0. The van der Waals surface area contributed by atoms with Gasteiger partial charge in [0, 0.05) is 6.04 Å². The second-order valence-corrected chi connectivity index (χ2v) is 4.88. The van der Waals surface area contributed by atoms with E-state index in [0.29, 0.717) is 0 Å². The highest BCUT2D eigenvalue weighted by Gasteiger charge is 2.29. The van der Waals surface area contributed by atoms with Crippen LogP contribution in [0.3, 0.4) is 0 Å². The highest BCUT2D eigenvalue weighted by atomic mass is 16.2. The number of anilines is 1. The molecule has 0 saturated heterocycles. The Kier molecular flexibility index (Phi) is 3.74. The number of nitrogens with two attached hydrogens (primary N) is 1. The summed E-state index contributed by atoms with van der Waals surface area (Å²) in [5.41, 5.74) is 8.30. The predicted molar refractivity (Wildman–Crippen MR) is 76.5 cm³/mol. The third kappa shape index (κ3) is 2.86. The summed E-state index contributed by atoms with van der Waals surface area (Å²) in [5.74, 6) is -0.248. The molecule has 1 aliphatic rings. The number of nitrogens with one attached hydrogen (secondary N) is 2. The Bertz CT molecular complexity index is 508. The minimum absolute atomic E-state index is 0.239. The lowest BCUT2D eigenvalue weighted by Gasteiger charge is -2.25. The summed E-state index contributed by atoms with van der Waals surface area (Å²) in [5, 5.41) is 10.6. The number of rotatable bonds is 3. The van der Waals surface area contributed by atoms with Gasteiger partial charge in [0.2, 0.25) is 5.96 Å². The molecule has 1 fully saturated rings. The highest BCUT2D eigenvalue weighted by Crippen LogP contribution is 2.27. The van der Waals surface area contributed by atoms with Crippen LogP contribution in [0.2, 0.25) is 0 Å². The third-order valence-electron chi connectivity index (χ3n) is 3.27. The molecule has 0 bridgehead atoms. The minimum atomic E-state index is -0.306. The van der Waals surface area contributed by atoms with Gasteiger partial charge in [0.1, 0.15) is 0 Å². The molecule has 1 aliphatic carbocycles. The molecule has 2 amide bonds. The summed E-state index contributed by atoms with van der Waals surface area (Å²) in [6, 6.07) is 5.77. The normalized spacial score (nSPS) is 14.0. The molecule has 0 heterocycles. The van der Waals surface area contributed by atoms with Crippen LogP contribution >= 0.6 is 0 Å². The molecule has 19 heavy (non-hydrogen) atoms. The van der Waals surface area contributed by atoms with Gasteiger partial charge in [-0.15, -0.1) is 0 Å². The summed E-state index contributed by atoms with van der Waals surface area (Å²) < 4.78 is 0. The van der Waals surface area contributed by atoms with E-state index in [1.54, 1.807) is 0 Å². The molecule has 2 rings (SSSR count). The Morgan fingerprint density at radius 3 is 2.74 bits per heavy atom. The summed E-state index contributed by atoms with van der Waals surface area (Å²) in [6.45, 7) is 3.95. The van der Waals surface area contributed by atoms with E-state index in [-0.39, 0.29) is 18.0 Å². The average Bonchev–Trinajstić information content (AvgIpc) is 3.15. The monoisotopic (exact) mass is 260 g/mol. The van der Waals surface area contributed by atoms with Crippen LogP contribution in [-0.4, -0.2) is 18.0 Å². The van der Waals surface area contributed by atoms with Crippen molar-refractivity contribution in [2.75, 3.05) is 4.90 Å². The van der Waals surface area contributed by atoms with Crippen molar-refractivity contribution in [3.05, 3.63) is 29.3 Å². The molecular formula is C14H20N4O. The van der Waals surface area contributed by atoms with Gasteiger partial charge in [-0.2, -0.15) is 0 Å². The first-order valence-electron chi connectivity index (χ1n) is 6.57. The van der Waals surface area contributed by atoms with Crippen molar-refractivity contribution >= 4 is 17.7 Å². The van der Waals surface area contributed by atoms with Crippen LogP contribution < -0.4 is 16.0 Å². The molecule has 0 aliphatic heterocycles. The maximum absolute atomic E-state index is 12.2. The summed E-state index contributed by atoms with van der Waals surface area (Å²) in [4.78, 5) is 13.5. The molecule has 102 valence electrons. The Morgan fingerprint density at radius 1 is 1.53 bits per heavy atom. The fraction of sp³-hybridized carbons (Fsp3) is 0.429. The van der Waals surface area contributed by atoms with E-state index in [2.05, 4.69) is 5.32 Å². The Balaban J connectivity index is 2.37. The lowest BCUT2D eigenvalue weighted by atomic mass is 10.0. The van der Waals surface area contributed by atoms with E-state index >= 15 is 0 Å². The standard InChI is InChI=1S/C14H20N4O/c1-3-10-6-4-5-9(2)12(10)18(13(15)16)14(19)17-11-7-8-11/h4-6,11H,3,7-8H2,1-2H3,(H3,15,16)(H,17,19). The van der Waals surface area contributed by atoms with Crippen molar-refractivity contribution in [3.63, 3.8) is 0 Å². The van der Waals surface area contributed by atoms with E-state index in [1.165, 1.54) is 4.90 Å². The zero-order chi connectivity index (χ0) is 14.0. The molecule has 1 aromatic rings. The van der Waals surface area contributed by atoms with Gasteiger partial charge in [0.15, 0.2) is 0 Å². The quantitative estimate of drug-likeness (QED) is 0.574. The van der Waals surface area contributed by atoms with Gasteiger partial charge in [-0.05, 0) is 37.3 Å². The fourth-order valence-electron chi connectivity index (χ4n) is 2.12. The molecule has 0 radical (unpaired) electrons. The molecule has 5 nitrogen and oxygen atoms in total. The number of hydrogen-bond acceptors (Lipinski definition) is 2. The SMILES string of the molecule is CCc1cccc(C)c1N(C(=N)N)C(=O)NC1CC1. The van der Waals surface area contributed by atoms with Crippen LogP contribution in [0, 0.1) is 12.3 Å². The zero-order valence-electron chi connectivity index (χ0n) is 11.4. The molecule has 0 aromatic heterocycles. The number of aryl methyl sites for hydroxylation is 2. The average molecular weight is 260 g/mol. The van der Waals surface area contributed by atoms with Crippen LogP contribution in [0.4, 0.5) is 10.5 Å².